The van der Waals surface area contributed by atoms with Gasteiger partial charge < -0.3 is 15.4 Å². The quantitative estimate of drug-likeness (QED) is 0.206. The summed E-state index contributed by atoms with van der Waals surface area (Å²) in [7, 11) is 0. The maximum Gasteiger partial charge on any atom is 0.191 e. The lowest BCUT2D eigenvalue weighted by Gasteiger charge is -2.27. The van der Waals surface area contributed by atoms with Crippen LogP contribution in [-0.2, 0) is 11.3 Å². The molecule has 1 aromatic heterocycles. The summed E-state index contributed by atoms with van der Waals surface area (Å²) in [5, 5.41) is 11.4. The SMILES string of the molecule is CCNC(=NCC1(CCOCC)CCCC1)NCCCn1nc(C)cc1C.I. The number of aliphatic imine (C=N–C) groups is 1. The first-order valence-electron chi connectivity index (χ1n) is 10.7. The maximum absolute atomic E-state index is 5.62. The number of guanidine groups is 1. The number of aryl methyl sites for hydroxylation is 3. The Kier molecular flexibility index (Phi) is 12.1. The Labute approximate surface area is 188 Å². The van der Waals surface area contributed by atoms with Gasteiger partial charge >= 0.3 is 0 Å². The zero-order valence-electron chi connectivity index (χ0n) is 18.2. The summed E-state index contributed by atoms with van der Waals surface area (Å²) in [6.45, 7) is 13.6. The second-order valence-electron chi connectivity index (χ2n) is 7.78. The highest BCUT2D eigenvalue weighted by Crippen LogP contribution is 2.41. The van der Waals surface area contributed by atoms with Crippen LogP contribution in [0.3, 0.4) is 0 Å². The predicted octanol–water partition coefficient (Wildman–Crippen LogP) is 4.05. The van der Waals surface area contributed by atoms with Gasteiger partial charge in [-0.25, -0.2) is 0 Å². The summed E-state index contributed by atoms with van der Waals surface area (Å²) in [4.78, 5) is 4.93. The molecule has 0 saturated heterocycles. The Morgan fingerprint density at radius 2 is 2.00 bits per heavy atom. The van der Waals surface area contributed by atoms with Crippen molar-refractivity contribution in [2.45, 2.75) is 72.8 Å². The highest BCUT2D eigenvalue weighted by Gasteiger charge is 2.33. The van der Waals surface area contributed by atoms with Crippen molar-refractivity contribution in [3.8, 4) is 0 Å². The smallest absolute Gasteiger partial charge is 0.191 e. The molecule has 0 spiro atoms. The Hall–Kier alpha value is -0.830. The van der Waals surface area contributed by atoms with Gasteiger partial charge in [-0.2, -0.15) is 5.10 Å². The molecule has 28 heavy (non-hydrogen) atoms. The van der Waals surface area contributed by atoms with E-state index in [0.29, 0.717) is 5.41 Å². The van der Waals surface area contributed by atoms with E-state index in [0.717, 1.165) is 63.9 Å². The molecule has 0 radical (unpaired) electrons. The minimum atomic E-state index is 0. The first-order valence-corrected chi connectivity index (χ1v) is 10.7. The summed E-state index contributed by atoms with van der Waals surface area (Å²) in [6.07, 6.45) is 7.37. The summed E-state index contributed by atoms with van der Waals surface area (Å²) < 4.78 is 7.71. The van der Waals surface area contributed by atoms with Crippen LogP contribution in [0, 0.1) is 19.3 Å². The average molecular weight is 505 g/mol. The third kappa shape index (κ3) is 8.27. The third-order valence-corrected chi connectivity index (χ3v) is 5.50. The lowest BCUT2D eigenvalue weighted by Crippen LogP contribution is -2.39. The summed E-state index contributed by atoms with van der Waals surface area (Å²) in [6, 6.07) is 2.13. The van der Waals surface area contributed by atoms with Crippen molar-refractivity contribution >= 4 is 29.9 Å². The molecule has 1 aliphatic carbocycles. The lowest BCUT2D eigenvalue weighted by atomic mass is 9.83. The van der Waals surface area contributed by atoms with Gasteiger partial charge in [-0.15, -0.1) is 24.0 Å². The fourth-order valence-electron chi connectivity index (χ4n) is 3.97. The van der Waals surface area contributed by atoms with Gasteiger partial charge in [0.2, 0.25) is 0 Å². The van der Waals surface area contributed by atoms with Crippen LogP contribution in [0.5, 0.6) is 0 Å². The van der Waals surface area contributed by atoms with Crippen LogP contribution < -0.4 is 10.6 Å². The van der Waals surface area contributed by atoms with Crippen molar-refractivity contribution < 1.29 is 4.74 Å². The van der Waals surface area contributed by atoms with Crippen molar-refractivity contribution in [3.63, 3.8) is 0 Å². The number of rotatable bonds is 11. The number of nitrogens with zero attached hydrogens (tertiary/aromatic N) is 3. The Bertz CT molecular complexity index is 581. The molecule has 1 saturated carbocycles. The Morgan fingerprint density at radius 3 is 2.61 bits per heavy atom. The second kappa shape index (κ2) is 13.4. The molecule has 0 atom stereocenters. The van der Waals surface area contributed by atoms with Crippen LogP contribution in [0.1, 0.15) is 63.8 Å². The standard InChI is InChI=1S/C21H39N5O.HI/c1-5-22-20(23-13-9-14-26-19(4)16-18(3)25-26)24-17-21(10-7-8-11-21)12-15-27-6-2;/h16H,5-15,17H2,1-4H3,(H2,22,23,24);1H. The van der Waals surface area contributed by atoms with E-state index in [2.05, 4.69) is 47.3 Å². The fourth-order valence-corrected chi connectivity index (χ4v) is 3.97. The third-order valence-electron chi connectivity index (χ3n) is 5.50. The minimum absolute atomic E-state index is 0. The molecule has 2 rings (SSSR count). The number of ether oxygens (including phenoxy) is 1. The number of aromatic nitrogens is 2. The molecular formula is C21H40IN5O. The van der Waals surface area contributed by atoms with Crippen LogP contribution in [0.15, 0.2) is 11.1 Å². The van der Waals surface area contributed by atoms with Crippen LogP contribution in [0.2, 0.25) is 0 Å². The van der Waals surface area contributed by atoms with Crippen LogP contribution in [-0.4, -0.2) is 48.6 Å². The average Bonchev–Trinajstić information content (AvgIpc) is 3.23. The van der Waals surface area contributed by atoms with Crippen molar-refractivity contribution in [1.29, 1.82) is 0 Å². The molecule has 0 unspecified atom stereocenters. The molecule has 0 bridgehead atoms. The van der Waals surface area contributed by atoms with Gasteiger partial charge in [0.05, 0.1) is 5.69 Å². The molecule has 1 fully saturated rings. The molecule has 7 heteroatoms. The number of nitrogens with one attached hydrogen (secondary N) is 2. The molecule has 2 N–H and O–H groups in total. The molecule has 162 valence electrons. The van der Waals surface area contributed by atoms with Gasteiger partial charge in [0.15, 0.2) is 5.96 Å². The largest absolute Gasteiger partial charge is 0.382 e. The molecule has 1 aromatic rings. The fraction of sp³-hybridized carbons (Fsp3) is 0.810. The van der Waals surface area contributed by atoms with E-state index in [4.69, 9.17) is 9.73 Å². The summed E-state index contributed by atoms with van der Waals surface area (Å²) in [5.41, 5.74) is 2.65. The summed E-state index contributed by atoms with van der Waals surface area (Å²) in [5.74, 6) is 0.938. The van der Waals surface area contributed by atoms with Gasteiger partial charge in [0.1, 0.15) is 0 Å². The minimum Gasteiger partial charge on any atom is -0.382 e. The zero-order chi connectivity index (χ0) is 19.5. The molecule has 1 aliphatic rings. The normalized spacial score (nSPS) is 16.1. The van der Waals surface area contributed by atoms with Crippen LogP contribution in [0.25, 0.3) is 0 Å². The Balaban J connectivity index is 0.00000392. The Morgan fingerprint density at radius 1 is 1.25 bits per heavy atom. The van der Waals surface area contributed by atoms with E-state index < -0.39 is 0 Å². The van der Waals surface area contributed by atoms with E-state index >= 15 is 0 Å². The second-order valence-corrected chi connectivity index (χ2v) is 7.78. The van der Waals surface area contributed by atoms with E-state index in [9.17, 15) is 0 Å². The van der Waals surface area contributed by atoms with E-state index in [1.165, 1.54) is 31.4 Å². The molecule has 0 amide bonds. The lowest BCUT2D eigenvalue weighted by molar-refractivity contribution is 0.107. The number of halogens is 1. The first kappa shape index (κ1) is 25.2. The number of hydrogen-bond donors (Lipinski definition) is 2. The molecule has 0 aliphatic heterocycles. The first-order chi connectivity index (χ1) is 13.1. The zero-order valence-corrected chi connectivity index (χ0v) is 20.6. The predicted molar refractivity (Wildman–Crippen MR) is 128 cm³/mol. The number of hydrogen-bond acceptors (Lipinski definition) is 3. The van der Waals surface area contributed by atoms with Gasteiger partial charge in [0, 0.05) is 45.1 Å². The van der Waals surface area contributed by atoms with E-state index in [-0.39, 0.29) is 24.0 Å². The monoisotopic (exact) mass is 505 g/mol. The maximum atomic E-state index is 5.62. The van der Waals surface area contributed by atoms with Crippen LogP contribution in [0.4, 0.5) is 0 Å². The molecule has 1 heterocycles. The van der Waals surface area contributed by atoms with Crippen molar-refractivity contribution in [1.82, 2.24) is 20.4 Å². The summed E-state index contributed by atoms with van der Waals surface area (Å²) >= 11 is 0. The molecule has 0 aromatic carbocycles. The van der Waals surface area contributed by atoms with Crippen LogP contribution >= 0.6 is 24.0 Å². The highest BCUT2D eigenvalue weighted by molar-refractivity contribution is 14.0. The van der Waals surface area contributed by atoms with Crippen molar-refractivity contribution in [3.05, 3.63) is 17.5 Å². The topological polar surface area (TPSA) is 63.5 Å². The van der Waals surface area contributed by atoms with Crippen molar-refractivity contribution in [2.24, 2.45) is 10.4 Å². The van der Waals surface area contributed by atoms with Gasteiger partial charge in [-0.1, -0.05) is 12.8 Å². The van der Waals surface area contributed by atoms with E-state index in [1.54, 1.807) is 0 Å². The molecular weight excluding hydrogens is 465 g/mol. The van der Waals surface area contributed by atoms with Crippen molar-refractivity contribution in [2.75, 3.05) is 32.8 Å². The van der Waals surface area contributed by atoms with Gasteiger partial charge in [-0.05, 0) is 64.9 Å². The van der Waals surface area contributed by atoms with Gasteiger partial charge in [0.25, 0.3) is 0 Å². The van der Waals surface area contributed by atoms with E-state index in [1.807, 2.05) is 6.92 Å². The van der Waals surface area contributed by atoms with Gasteiger partial charge in [-0.3, -0.25) is 9.67 Å². The highest BCUT2D eigenvalue weighted by atomic mass is 127. The molecule has 6 nitrogen and oxygen atoms in total.